The maximum Gasteiger partial charge on any atom is 0.156 e. The summed E-state index contributed by atoms with van der Waals surface area (Å²) in [6, 6.07) is 0.685. The normalized spacial score (nSPS) is 17.6. The smallest absolute Gasteiger partial charge is 0.156 e. The van der Waals surface area contributed by atoms with Gasteiger partial charge in [0.1, 0.15) is 0 Å². The quantitative estimate of drug-likeness (QED) is 0.444. The molecule has 0 spiro atoms. The van der Waals surface area contributed by atoms with Crippen LogP contribution in [0.25, 0.3) is 0 Å². The van der Waals surface area contributed by atoms with E-state index in [-0.39, 0.29) is 0 Å². The summed E-state index contributed by atoms with van der Waals surface area (Å²) in [5.74, 6) is 0. The fraction of sp³-hybridized carbons (Fsp3) is 0.833. The van der Waals surface area contributed by atoms with Crippen molar-refractivity contribution in [1.29, 1.82) is 5.41 Å². The molecular formula is C6H12N2S. The van der Waals surface area contributed by atoms with Crippen LogP contribution in [0.2, 0.25) is 0 Å². The number of nitrogens with one attached hydrogen (secondary N) is 1. The van der Waals surface area contributed by atoms with Crippen molar-refractivity contribution in [3.8, 4) is 0 Å². The molecule has 1 rings (SSSR count). The minimum Gasteiger partial charge on any atom is -0.352 e. The first-order chi connectivity index (χ1) is 4.25. The van der Waals surface area contributed by atoms with Gasteiger partial charge in [0, 0.05) is 13.1 Å². The van der Waals surface area contributed by atoms with E-state index in [1.165, 1.54) is 24.6 Å². The highest BCUT2D eigenvalue weighted by Crippen LogP contribution is 2.26. The minimum atomic E-state index is 0.685. The summed E-state index contributed by atoms with van der Waals surface area (Å²) in [7, 11) is 2.00. The summed E-state index contributed by atoms with van der Waals surface area (Å²) in [6.45, 7) is 0. The van der Waals surface area contributed by atoms with Crippen LogP contribution in [0.15, 0.2) is 0 Å². The van der Waals surface area contributed by atoms with Crippen LogP contribution in [0, 0.1) is 5.41 Å². The molecule has 0 bridgehead atoms. The number of hydrogen-bond acceptors (Lipinski definition) is 2. The summed E-state index contributed by atoms with van der Waals surface area (Å²) in [5.41, 5.74) is 0. The van der Waals surface area contributed by atoms with E-state index in [2.05, 4.69) is 0 Å². The first kappa shape index (κ1) is 6.93. The molecule has 0 atom stereocenters. The van der Waals surface area contributed by atoms with Crippen LogP contribution >= 0.6 is 11.8 Å². The molecular weight excluding hydrogens is 132 g/mol. The van der Waals surface area contributed by atoms with E-state index in [4.69, 9.17) is 5.41 Å². The molecule has 0 amide bonds. The third-order valence-electron chi connectivity index (χ3n) is 1.61. The van der Waals surface area contributed by atoms with Gasteiger partial charge < -0.3 is 4.90 Å². The molecule has 0 aliphatic heterocycles. The Morgan fingerprint density at radius 2 is 2.22 bits per heavy atom. The molecule has 0 unspecified atom stereocenters. The van der Waals surface area contributed by atoms with E-state index in [1.54, 1.807) is 0 Å². The zero-order valence-corrected chi connectivity index (χ0v) is 6.66. The standard InChI is InChI=1S/C6H12N2S/c1-8(5-3-4-5)6(7)9-2/h5,7H,3-4H2,1-2H3. The van der Waals surface area contributed by atoms with E-state index in [0.717, 1.165) is 0 Å². The van der Waals surface area contributed by atoms with Crippen LogP contribution in [0.4, 0.5) is 0 Å². The van der Waals surface area contributed by atoms with Gasteiger partial charge in [-0.25, -0.2) is 0 Å². The van der Waals surface area contributed by atoms with Crippen molar-refractivity contribution in [3.05, 3.63) is 0 Å². The summed E-state index contributed by atoms with van der Waals surface area (Å²) in [6.07, 6.45) is 4.50. The maximum atomic E-state index is 7.40. The fourth-order valence-corrected chi connectivity index (χ4v) is 1.21. The van der Waals surface area contributed by atoms with Crippen LogP contribution < -0.4 is 0 Å². The van der Waals surface area contributed by atoms with Crippen LogP contribution in [0.1, 0.15) is 12.8 Å². The summed E-state index contributed by atoms with van der Waals surface area (Å²) in [4.78, 5) is 2.05. The fourth-order valence-electron chi connectivity index (χ4n) is 0.772. The number of amidine groups is 1. The van der Waals surface area contributed by atoms with Crippen LogP contribution in [0.3, 0.4) is 0 Å². The van der Waals surface area contributed by atoms with E-state index in [9.17, 15) is 0 Å². The lowest BCUT2D eigenvalue weighted by atomic mass is 10.6. The third kappa shape index (κ3) is 1.61. The number of hydrogen-bond donors (Lipinski definition) is 1. The van der Waals surface area contributed by atoms with Crippen LogP contribution in [-0.4, -0.2) is 29.4 Å². The van der Waals surface area contributed by atoms with Crippen molar-refractivity contribution in [2.24, 2.45) is 0 Å². The highest BCUT2D eigenvalue weighted by Gasteiger charge is 2.27. The first-order valence-electron chi connectivity index (χ1n) is 3.11. The Labute approximate surface area is 60.1 Å². The second kappa shape index (κ2) is 2.60. The largest absolute Gasteiger partial charge is 0.352 e. The molecule has 1 fully saturated rings. The molecule has 52 valence electrons. The number of rotatable bonds is 1. The van der Waals surface area contributed by atoms with Gasteiger partial charge in [-0.1, -0.05) is 11.8 Å². The molecule has 0 aromatic rings. The van der Waals surface area contributed by atoms with E-state index in [1.807, 2.05) is 18.2 Å². The average Bonchev–Trinajstić information content (AvgIpc) is 2.66. The lowest BCUT2D eigenvalue weighted by molar-refractivity contribution is 0.503. The van der Waals surface area contributed by atoms with Gasteiger partial charge in [-0.15, -0.1) is 0 Å². The van der Waals surface area contributed by atoms with Crippen molar-refractivity contribution in [3.63, 3.8) is 0 Å². The Morgan fingerprint density at radius 1 is 1.67 bits per heavy atom. The topological polar surface area (TPSA) is 27.1 Å². The van der Waals surface area contributed by atoms with Crippen LogP contribution in [-0.2, 0) is 0 Å². The van der Waals surface area contributed by atoms with Crippen molar-refractivity contribution in [2.75, 3.05) is 13.3 Å². The minimum absolute atomic E-state index is 0.685. The van der Waals surface area contributed by atoms with Crippen molar-refractivity contribution in [1.82, 2.24) is 4.90 Å². The van der Waals surface area contributed by atoms with E-state index in [0.29, 0.717) is 11.2 Å². The summed E-state index contributed by atoms with van der Waals surface area (Å²) in [5, 5.41) is 8.09. The summed E-state index contributed by atoms with van der Waals surface area (Å²) < 4.78 is 0. The Kier molecular flexibility index (Phi) is 2.01. The van der Waals surface area contributed by atoms with Gasteiger partial charge in [-0.2, -0.15) is 0 Å². The van der Waals surface area contributed by atoms with Gasteiger partial charge in [0.2, 0.25) is 0 Å². The zero-order chi connectivity index (χ0) is 6.85. The predicted molar refractivity (Wildman–Crippen MR) is 42.0 cm³/mol. The SMILES string of the molecule is CSC(=N)N(C)C1CC1. The van der Waals surface area contributed by atoms with Crippen molar-refractivity contribution < 1.29 is 0 Å². The molecule has 1 aliphatic carbocycles. The summed E-state index contributed by atoms with van der Waals surface area (Å²) >= 11 is 1.51. The van der Waals surface area contributed by atoms with Gasteiger partial charge in [0.05, 0.1) is 0 Å². The molecule has 1 saturated carbocycles. The lowest BCUT2D eigenvalue weighted by Gasteiger charge is -2.16. The molecule has 0 aromatic heterocycles. The Hall–Kier alpha value is -0.180. The highest BCUT2D eigenvalue weighted by atomic mass is 32.2. The molecule has 0 radical (unpaired) electrons. The average molecular weight is 144 g/mol. The second-order valence-electron chi connectivity index (χ2n) is 2.35. The van der Waals surface area contributed by atoms with E-state index < -0.39 is 0 Å². The monoisotopic (exact) mass is 144 g/mol. The second-order valence-corrected chi connectivity index (χ2v) is 3.15. The third-order valence-corrected chi connectivity index (χ3v) is 2.28. The predicted octanol–water partition coefficient (Wildman–Crippen LogP) is 1.38. The molecule has 9 heavy (non-hydrogen) atoms. The van der Waals surface area contributed by atoms with Crippen molar-refractivity contribution in [2.45, 2.75) is 18.9 Å². The molecule has 0 aromatic carbocycles. The van der Waals surface area contributed by atoms with Gasteiger partial charge in [0.25, 0.3) is 0 Å². The number of thioether (sulfide) groups is 1. The Bertz CT molecular complexity index is 120. The molecule has 0 saturated heterocycles. The van der Waals surface area contributed by atoms with Gasteiger partial charge in [-0.3, -0.25) is 5.41 Å². The molecule has 1 aliphatic rings. The molecule has 2 nitrogen and oxygen atoms in total. The Balaban J connectivity index is 2.30. The zero-order valence-electron chi connectivity index (χ0n) is 5.85. The molecule has 3 heteroatoms. The lowest BCUT2D eigenvalue weighted by Crippen LogP contribution is -2.24. The van der Waals surface area contributed by atoms with Crippen molar-refractivity contribution >= 4 is 16.9 Å². The van der Waals surface area contributed by atoms with Crippen LogP contribution in [0.5, 0.6) is 0 Å². The van der Waals surface area contributed by atoms with Gasteiger partial charge in [0.15, 0.2) is 5.17 Å². The van der Waals surface area contributed by atoms with Gasteiger partial charge >= 0.3 is 0 Å². The molecule has 0 heterocycles. The Morgan fingerprint density at radius 3 is 2.56 bits per heavy atom. The highest BCUT2D eigenvalue weighted by molar-refractivity contribution is 8.13. The number of nitrogens with zero attached hydrogens (tertiary/aromatic N) is 1. The van der Waals surface area contributed by atoms with E-state index >= 15 is 0 Å². The first-order valence-corrected chi connectivity index (χ1v) is 4.33. The molecule has 1 N–H and O–H groups in total. The maximum absolute atomic E-state index is 7.40. The van der Waals surface area contributed by atoms with Gasteiger partial charge in [-0.05, 0) is 19.1 Å².